The van der Waals surface area contributed by atoms with Gasteiger partial charge >= 0.3 is 5.97 Å². The first kappa shape index (κ1) is 13.1. The van der Waals surface area contributed by atoms with Gasteiger partial charge in [0.25, 0.3) is 0 Å². The number of carbonyl (C=O) groups is 1. The van der Waals surface area contributed by atoms with E-state index in [-0.39, 0.29) is 5.75 Å². The predicted octanol–water partition coefficient (Wildman–Crippen LogP) is 3.54. The van der Waals surface area contributed by atoms with Crippen molar-refractivity contribution < 1.29 is 9.90 Å². The van der Waals surface area contributed by atoms with Crippen LogP contribution in [-0.2, 0) is 4.79 Å². The van der Waals surface area contributed by atoms with Crippen molar-refractivity contribution in [2.24, 2.45) is 0 Å². The van der Waals surface area contributed by atoms with Crippen molar-refractivity contribution in [1.82, 2.24) is 10.2 Å². The van der Waals surface area contributed by atoms with E-state index in [1.807, 2.05) is 36.4 Å². The van der Waals surface area contributed by atoms with Gasteiger partial charge in [0, 0.05) is 9.77 Å². The van der Waals surface area contributed by atoms with E-state index >= 15 is 0 Å². The second kappa shape index (κ2) is 5.60. The molecule has 1 N–H and O–H groups in total. The second-order valence-electron chi connectivity index (χ2n) is 4.08. The summed E-state index contributed by atoms with van der Waals surface area (Å²) in [6.07, 6.45) is 1.63. The lowest BCUT2D eigenvalue weighted by Crippen LogP contribution is -1.97. The van der Waals surface area contributed by atoms with E-state index in [1.165, 1.54) is 11.8 Å². The van der Waals surface area contributed by atoms with Crippen LogP contribution in [0.3, 0.4) is 0 Å². The Bertz CT molecular complexity index is 756. The molecular weight excluding hydrogens is 292 g/mol. The molecule has 0 amide bonds. The molecule has 20 heavy (non-hydrogen) atoms. The van der Waals surface area contributed by atoms with Crippen LogP contribution < -0.4 is 0 Å². The van der Waals surface area contributed by atoms with Crippen molar-refractivity contribution in [1.29, 1.82) is 0 Å². The Morgan fingerprint density at radius 2 is 2.10 bits per heavy atom. The number of hydrogen-bond donors (Lipinski definition) is 1. The molecule has 0 aliphatic carbocycles. The number of nitrogens with zero attached hydrogens (tertiary/aromatic N) is 2. The number of rotatable bonds is 4. The van der Waals surface area contributed by atoms with Gasteiger partial charge in [-0.2, -0.15) is 5.10 Å². The van der Waals surface area contributed by atoms with Gasteiger partial charge in [0.05, 0.1) is 16.6 Å². The molecule has 0 saturated carbocycles. The highest BCUT2D eigenvalue weighted by Crippen LogP contribution is 2.37. The van der Waals surface area contributed by atoms with E-state index < -0.39 is 5.97 Å². The topological polar surface area (TPSA) is 63.1 Å². The number of hydrogen-bond acceptors (Lipinski definition) is 5. The lowest BCUT2D eigenvalue weighted by Gasteiger charge is -1.98. The Hall–Kier alpha value is -1.92. The highest BCUT2D eigenvalue weighted by atomic mass is 32.2. The first-order chi connectivity index (χ1) is 9.74. The van der Waals surface area contributed by atoms with Crippen LogP contribution in [0.4, 0.5) is 0 Å². The van der Waals surface area contributed by atoms with Crippen LogP contribution in [0.25, 0.3) is 20.7 Å². The normalized spacial score (nSPS) is 10.8. The van der Waals surface area contributed by atoms with Crippen molar-refractivity contribution in [2.45, 2.75) is 4.90 Å². The smallest absolute Gasteiger partial charge is 0.313 e. The summed E-state index contributed by atoms with van der Waals surface area (Å²) >= 11 is 2.89. The van der Waals surface area contributed by atoms with Gasteiger partial charge in [-0.15, -0.1) is 28.2 Å². The van der Waals surface area contributed by atoms with Gasteiger partial charge in [0.2, 0.25) is 0 Å². The highest BCUT2D eigenvalue weighted by molar-refractivity contribution is 8.00. The summed E-state index contributed by atoms with van der Waals surface area (Å²) in [4.78, 5) is 12.7. The van der Waals surface area contributed by atoms with Crippen molar-refractivity contribution in [2.75, 3.05) is 5.75 Å². The van der Waals surface area contributed by atoms with E-state index in [1.54, 1.807) is 17.5 Å². The maximum Gasteiger partial charge on any atom is 0.313 e. The maximum absolute atomic E-state index is 10.7. The van der Waals surface area contributed by atoms with E-state index in [0.717, 1.165) is 25.6 Å². The number of aromatic nitrogens is 2. The average molecular weight is 302 g/mol. The first-order valence-electron chi connectivity index (χ1n) is 5.89. The SMILES string of the molecule is O=C(O)CSc1cnnc2cc(-c3ccccc3)sc12. The minimum Gasteiger partial charge on any atom is -0.481 e. The van der Waals surface area contributed by atoms with E-state index in [0.29, 0.717) is 0 Å². The zero-order valence-electron chi connectivity index (χ0n) is 10.3. The van der Waals surface area contributed by atoms with Crippen molar-refractivity contribution in [3.05, 3.63) is 42.6 Å². The summed E-state index contributed by atoms with van der Waals surface area (Å²) in [6.45, 7) is 0. The van der Waals surface area contributed by atoms with Gasteiger partial charge in [0.1, 0.15) is 5.52 Å². The average Bonchev–Trinajstić information content (AvgIpc) is 2.90. The van der Waals surface area contributed by atoms with Gasteiger partial charge in [-0.05, 0) is 11.6 Å². The lowest BCUT2D eigenvalue weighted by atomic mass is 10.2. The summed E-state index contributed by atoms with van der Waals surface area (Å²) < 4.78 is 0.991. The fraction of sp³-hybridized carbons (Fsp3) is 0.0714. The molecule has 100 valence electrons. The van der Waals surface area contributed by atoms with Gasteiger partial charge in [-0.25, -0.2) is 0 Å². The Morgan fingerprint density at radius 1 is 1.30 bits per heavy atom. The summed E-state index contributed by atoms with van der Waals surface area (Å²) in [7, 11) is 0. The van der Waals surface area contributed by atoms with Crippen LogP contribution in [-0.4, -0.2) is 27.0 Å². The molecule has 2 aromatic heterocycles. The third-order valence-corrected chi connectivity index (χ3v) is 5.03. The number of benzene rings is 1. The third-order valence-electron chi connectivity index (χ3n) is 2.69. The minimum absolute atomic E-state index is 0.0271. The molecule has 0 fully saturated rings. The van der Waals surface area contributed by atoms with Crippen molar-refractivity contribution in [3.8, 4) is 10.4 Å². The largest absolute Gasteiger partial charge is 0.481 e. The zero-order valence-corrected chi connectivity index (χ0v) is 11.9. The molecule has 0 aliphatic rings. The van der Waals surface area contributed by atoms with Gasteiger partial charge < -0.3 is 5.11 Å². The molecule has 0 radical (unpaired) electrons. The van der Waals surface area contributed by atoms with Crippen LogP contribution in [0.2, 0.25) is 0 Å². The van der Waals surface area contributed by atoms with Gasteiger partial charge in [-0.3, -0.25) is 4.79 Å². The fourth-order valence-corrected chi connectivity index (χ4v) is 3.76. The van der Waals surface area contributed by atoms with Crippen molar-refractivity contribution in [3.63, 3.8) is 0 Å². The van der Waals surface area contributed by atoms with Crippen LogP contribution in [0.1, 0.15) is 0 Å². The molecule has 0 atom stereocenters. The quantitative estimate of drug-likeness (QED) is 0.747. The number of fused-ring (bicyclic) bond motifs is 1. The summed E-state index contributed by atoms with van der Waals surface area (Å²) in [5.41, 5.74) is 1.94. The maximum atomic E-state index is 10.7. The fourth-order valence-electron chi connectivity index (χ4n) is 1.82. The molecule has 4 nitrogen and oxygen atoms in total. The third kappa shape index (κ3) is 2.66. The summed E-state index contributed by atoms with van der Waals surface area (Å²) in [5.74, 6) is -0.806. The van der Waals surface area contributed by atoms with Crippen LogP contribution >= 0.6 is 23.1 Å². The van der Waals surface area contributed by atoms with Gasteiger partial charge in [0.15, 0.2) is 0 Å². The first-order valence-corrected chi connectivity index (χ1v) is 7.69. The van der Waals surface area contributed by atoms with Crippen LogP contribution in [0, 0.1) is 0 Å². The molecule has 0 saturated heterocycles. The molecule has 0 unspecified atom stereocenters. The minimum atomic E-state index is -0.834. The second-order valence-corrected chi connectivity index (χ2v) is 6.15. The van der Waals surface area contributed by atoms with E-state index in [4.69, 9.17) is 5.11 Å². The molecule has 2 heterocycles. The Kier molecular flexibility index (Phi) is 3.66. The zero-order chi connectivity index (χ0) is 13.9. The number of aliphatic carboxylic acids is 1. The monoisotopic (exact) mass is 302 g/mol. The Morgan fingerprint density at radius 3 is 2.85 bits per heavy atom. The molecule has 3 rings (SSSR count). The number of carboxylic acids is 1. The van der Waals surface area contributed by atoms with Gasteiger partial charge in [-0.1, -0.05) is 30.3 Å². The predicted molar refractivity (Wildman–Crippen MR) is 81.2 cm³/mol. The number of carboxylic acid groups (broad SMARTS) is 1. The van der Waals surface area contributed by atoms with Crippen LogP contribution in [0.5, 0.6) is 0 Å². The summed E-state index contributed by atoms with van der Waals surface area (Å²) in [6, 6.07) is 12.0. The molecule has 0 spiro atoms. The van der Waals surface area contributed by atoms with Crippen LogP contribution in [0.15, 0.2) is 47.5 Å². The molecule has 0 aliphatic heterocycles. The molecule has 0 bridgehead atoms. The standard InChI is InChI=1S/C14H10N2O2S2/c17-13(18)8-19-12-7-15-16-10-6-11(20-14(10)12)9-4-2-1-3-5-9/h1-7H,8H2,(H,17,18). The highest BCUT2D eigenvalue weighted by Gasteiger charge is 2.11. The number of thioether (sulfide) groups is 1. The van der Waals surface area contributed by atoms with E-state index in [9.17, 15) is 4.79 Å². The summed E-state index contributed by atoms with van der Waals surface area (Å²) in [5, 5.41) is 16.8. The molecule has 1 aromatic carbocycles. The molecular formula is C14H10N2O2S2. The van der Waals surface area contributed by atoms with Crippen molar-refractivity contribution >= 4 is 39.3 Å². The Labute approximate surface area is 123 Å². The molecule has 6 heteroatoms. The number of thiophene rings is 1. The molecule has 3 aromatic rings. The Balaban J connectivity index is 2.02. The van der Waals surface area contributed by atoms with E-state index in [2.05, 4.69) is 10.2 Å². The lowest BCUT2D eigenvalue weighted by molar-refractivity contribution is -0.133.